The third kappa shape index (κ3) is 2.44. The molecule has 82 valence electrons. The molecular weight excluding hydrogens is 224 g/mol. The summed E-state index contributed by atoms with van der Waals surface area (Å²) >= 11 is 1.39. The van der Waals surface area contributed by atoms with Crippen molar-refractivity contribution in [2.24, 2.45) is 0 Å². The SMILES string of the molecule is CC(C#N)Sc1nncn1Cc1ccco1. The maximum absolute atomic E-state index is 8.73. The molecule has 2 heterocycles. The summed E-state index contributed by atoms with van der Waals surface area (Å²) in [6, 6.07) is 5.88. The maximum atomic E-state index is 8.73. The molecule has 0 saturated heterocycles. The lowest BCUT2D eigenvalue weighted by atomic mass is 10.4. The molecule has 2 aromatic rings. The Kier molecular flexibility index (Phi) is 3.27. The van der Waals surface area contributed by atoms with Gasteiger partial charge in [0, 0.05) is 0 Å². The van der Waals surface area contributed by atoms with Crippen LogP contribution in [0.4, 0.5) is 0 Å². The van der Waals surface area contributed by atoms with Crippen LogP contribution in [0.5, 0.6) is 0 Å². The van der Waals surface area contributed by atoms with E-state index in [1.807, 2.05) is 23.6 Å². The van der Waals surface area contributed by atoms with E-state index in [9.17, 15) is 0 Å². The lowest BCUT2D eigenvalue weighted by Crippen LogP contribution is -2.01. The molecule has 1 atom stereocenters. The van der Waals surface area contributed by atoms with Crippen molar-refractivity contribution >= 4 is 11.8 Å². The van der Waals surface area contributed by atoms with Crippen LogP contribution >= 0.6 is 11.8 Å². The van der Waals surface area contributed by atoms with Crippen LogP contribution in [0.1, 0.15) is 12.7 Å². The van der Waals surface area contributed by atoms with Crippen molar-refractivity contribution < 1.29 is 4.42 Å². The summed E-state index contributed by atoms with van der Waals surface area (Å²) in [5.41, 5.74) is 0. The van der Waals surface area contributed by atoms with Gasteiger partial charge in [0.25, 0.3) is 0 Å². The number of hydrogen-bond acceptors (Lipinski definition) is 5. The molecule has 6 heteroatoms. The van der Waals surface area contributed by atoms with Crippen molar-refractivity contribution in [3.8, 4) is 6.07 Å². The highest BCUT2D eigenvalue weighted by atomic mass is 32.2. The molecule has 0 bridgehead atoms. The molecular formula is C10H10N4OS. The monoisotopic (exact) mass is 234 g/mol. The Morgan fingerprint density at radius 3 is 3.25 bits per heavy atom. The van der Waals surface area contributed by atoms with Gasteiger partial charge in [-0.3, -0.25) is 0 Å². The normalized spacial score (nSPS) is 12.2. The van der Waals surface area contributed by atoms with Crippen molar-refractivity contribution in [1.29, 1.82) is 5.26 Å². The number of hydrogen-bond donors (Lipinski definition) is 0. The molecule has 1 unspecified atom stereocenters. The summed E-state index contributed by atoms with van der Waals surface area (Å²) in [5.74, 6) is 0.839. The number of nitriles is 1. The Morgan fingerprint density at radius 1 is 1.69 bits per heavy atom. The fraction of sp³-hybridized carbons (Fsp3) is 0.300. The molecule has 2 rings (SSSR count). The molecule has 16 heavy (non-hydrogen) atoms. The summed E-state index contributed by atoms with van der Waals surface area (Å²) in [7, 11) is 0. The fourth-order valence-corrected chi connectivity index (χ4v) is 1.91. The highest BCUT2D eigenvalue weighted by Crippen LogP contribution is 2.20. The average Bonchev–Trinajstić information content (AvgIpc) is 2.92. The van der Waals surface area contributed by atoms with Gasteiger partial charge in [-0.15, -0.1) is 10.2 Å². The van der Waals surface area contributed by atoms with Crippen LogP contribution in [0.15, 0.2) is 34.3 Å². The van der Waals surface area contributed by atoms with Crippen molar-refractivity contribution in [3.05, 3.63) is 30.5 Å². The molecule has 0 aliphatic rings. The molecule has 5 nitrogen and oxygen atoms in total. The van der Waals surface area contributed by atoms with Crippen molar-refractivity contribution in [2.75, 3.05) is 0 Å². The topological polar surface area (TPSA) is 67.6 Å². The van der Waals surface area contributed by atoms with Gasteiger partial charge >= 0.3 is 0 Å². The van der Waals surface area contributed by atoms with E-state index in [0.29, 0.717) is 6.54 Å². The number of thioether (sulfide) groups is 1. The van der Waals surface area contributed by atoms with Crippen molar-refractivity contribution in [3.63, 3.8) is 0 Å². The van der Waals surface area contributed by atoms with Crippen LogP contribution in [0, 0.1) is 11.3 Å². The Labute approximate surface area is 97.1 Å². The quantitative estimate of drug-likeness (QED) is 0.756. The average molecular weight is 234 g/mol. The van der Waals surface area contributed by atoms with Crippen LogP contribution in [-0.4, -0.2) is 20.0 Å². The van der Waals surface area contributed by atoms with Crippen LogP contribution in [-0.2, 0) is 6.54 Å². The van der Waals surface area contributed by atoms with E-state index in [1.165, 1.54) is 11.8 Å². The first-order valence-electron chi connectivity index (χ1n) is 4.76. The Morgan fingerprint density at radius 2 is 2.56 bits per heavy atom. The smallest absolute Gasteiger partial charge is 0.192 e. The minimum atomic E-state index is -0.139. The summed E-state index contributed by atoms with van der Waals surface area (Å²) in [6.45, 7) is 2.41. The largest absolute Gasteiger partial charge is 0.467 e. The lowest BCUT2D eigenvalue weighted by Gasteiger charge is -2.04. The minimum Gasteiger partial charge on any atom is -0.467 e. The van der Waals surface area contributed by atoms with Gasteiger partial charge in [0.15, 0.2) is 5.16 Å². The molecule has 0 fully saturated rings. The van der Waals surface area contributed by atoms with Crippen LogP contribution in [0.3, 0.4) is 0 Å². The third-order valence-electron chi connectivity index (χ3n) is 1.95. The fourth-order valence-electron chi connectivity index (χ4n) is 1.20. The highest BCUT2D eigenvalue weighted by molar-refractivity contribution is 8.00. The van der Waals surface area contributed by atoms with Gasteiger partial charge in [0.05, 0.1) is 24.1 Å². The van der Waals surface area contributed by atoms with Gasteiger partial charge in [-0.25, -0.2) is 0 Å². The molecule has 0 spiro atoms. The maximum Gasteiger partial charge on any atom is 0.192 e. The van der Waals surface area contributed by atoms with E-state index in [-0.39, 0.29) is 5.25 Å². The molecule has 0 aromatic carbocycles. The van der Waals surface area contributed by atoms with Gasteiger partial charge in [0.1, 0.15) is 12.1 Å². The Balaban J connectivity index is 2.11. The van der Waals surface area contributed by atoms with Gasteiger partial charge in [-0.05, 0) is 19.1 Å². The van der Waals surface area contributed by atoms with E-state index in [4.69, 9.17) is 9.68 Å². The number of rotatable bonds is 4. The van der Waals surface area contributed by atoms with Crippen molar-refractivity contribution in [1.82, 2.24) is 14.8 Å². The van der Waals surface area contributed by atoms with E-state index in [0.717, 1.165) is 10.9 Å². The number of nitrogens with zero attached hydrogens (tertiary/aromatic N) is 4. The molecule has 0 aliphatic heterocycles. The summed E-state index contributed by atoms with van der Waals surface area (Å²) in [4.78, 5) is 0. The first-order chi connectivity index (χ1) is 7.79. The molecule has 0 N–H and O–H groups in total. The predicted octanol–water partition coefficient (Wildman–Crippen LogP) is 1.92. The molecule has 0 saturated carbocycles. The van der Waals surface area contributed by atoms with Gasteiger partial charge in [-0.2, -0.15) is 5.26 Å². The second-order valence-electron chi connectivity index (χ2n) is 3.21. The van der Waals surface area contributed by atoms with E-state index in [2.05, 4.69) is 16.3 Å². The van der Waals surface area contributed by atoms with Gasteiger partial charge in [0.2, 0.25) is 0 Å². The third-order valence-corrected chi connectivity index (χ3v) is 2.94. The Bertz CT molecular complexity index is 485. The van der Waals surface area contributed by atoms with E-state index >= 15 is 0 Å². The Hall–Kier alpha value is -1.74. The van der Waals surface area contributed by atoms with Gasteiger partial charge in [-0.1, -0.05) is 11.8 Å². The molecule has 0 radical (unpaired) electrons. The predicted molar refractivity (Wildman–Crippen MR) is 58.8 cm³/mol. The summed E-state index contributed by atoms with van der Waals surface area (Å²) in [5, 5.41) is 17.1. The number of furan rings is 1. The first kappa shape index (κ1) is 10.8. The summed E-state index contributed by atoms with van der Waals surface area (Å²) in [6.07, 6.45) is 3.26. The van der Waals surface area contributed by atoms with Gasteiger partial charge < -0.3 is 8.98 Å². The second-order valence-corrected chi connectivity index (χ2v) is 4.52. The van der Waals surface area contributed by atoms with Crippen LogP contribution in [0.25, 0.3) is 0 Å². The molecule has 2 aromatic heterocycles. The standard InChI is InChI=1S/C10H10N4OS/c1-8(5-11)16-10-13-12-7-14(10)6-9-3-2-4-15-9/h2-4,7-8H,6H2,1H3. The first-order valence-corrected chi connectivity index (χ1v) is 5.64. The number of aromatic nitrogens is 3. The van der Waals surface area contributed by atoms with Crippen LogP contribution < -0.4 is 0 Å². The minimum absolute atomic E-state index is 0.139. The summed E-state index contributed by atoms with van der Waals surface area (Å²) < 4.78 is 7.10. The van der Waals surface area contributed by atoms with Crippen LogP contribution in [0.2, 0.25) is 0 Å². The van der Waals surface area contributed by atoms with E-state index in [1.54, 1.807) is 12.6 Å². The second kappa shape index (κ2) is 4.86. The molecule has 0 amide bonds. The van der Waals surface area contributed by atoms with Crippen molar-refractivity contribution in [2.45, 2.75) is 23.9 Å². The molecule has 0 aliphatic carbocycles. The highest BCUT2D eigenvalue weighted by Gasteiger charge is 2.10. The zero-order chi connectivity index (χ0) is 11.4. The zero-order valence-corrected chi connectivity index (χ0v) is 9.52. The van der Waals surface area contributed by atoms with E-state index < -0.39 is 0 Å². The lowest BCUT2D eigenvalue weighted by molar-refractivity contribution is 0.484. The zero-order valence-electron chi connectivity index (χ0n) is 8.70.